The molecule has 3 rings (SSSR count). The number of Topliss-reactive ketones (excluding diaryl/α,β-unsaturated/α-hetero) is 1. The normalized spacial score (nSPS) is 32.0. The third-order valence-corrected chi connectivity index (χ3v) is 6.53. The lowest BCUT2D eigenvalue weighted by Gasteiger charge is -2.56. The van der Waals surface area contributed by atoms with Crippen molar-refractivity contribution in [3.63, 3.8) is 0 Å². The molecule has 24 heavy (non-hydrogen) atoms. The molecule has 0 spiro atoms. The third kappa shape index (κ3) is 3.01. The van der Waals surface area contributed by atoms with E-state index in [9.17, 15) is 9.59 Å². The molecule has 2 saturated carbocycles. The molecule has 130 valence electrons. The van der Waals surface area contributed by atoms with Gasteiger partial charge >= 0.3 is 5.97 Å². The van der Waals surface area contributed by atoms with Crippen LogP contribution in [0.4, 0.5) is 0 Å². The zero-order chi connectivity index (χ0) is 17.4. The molecule has 0 aliphatic heterocycles. The monoisotopic (exact) mass is 328 g/mol. The van der Waals surface area contributed by atoms with E-state index >= 15 is 0 Å². The first-order valence-corrected chi connectivity index (χ1v) is 9.09. The topological polar surface area (TPSA) is 43.4 Å². The van der Waals surface area contributed by atoms with E-state index in [-0.39, 0.29) is 35.1 Å². The minimum Gasteiger partial charge on any atom is -0.461 e. The van der Waals surface area contributed by atoms with Crippen molar-refractivity contribution in [3.8, 4) is 0 Å². The van der Waals surface area contributed by atoms with Gasteiger partial charge in [-0.15, -0.1) is 0 Å². The Labute approximate surface area is 144 Å². The second kappa shape index (κ2) is 6.34. The van der Waals surface area contributed by atoms with Crippen molar-refractivity contribution >= 4 is 11.8 Å². The maximum absolute atomic E-state index is 12.6. The SMILES string of the molecule is CC1(C)CCC[C@]2(C)[C@H](COC(=O)c3ccccc3)C(=O)CC[C@@H]12. The van der Waals surface area contributed by atoms with Crippen LogP contribution in [0.2, 0.25) is 0 Å². The second-order valence-corrected chi connectivity index (χ2v) is 8.42. The van der Waals surface area contributed by atoms with E-state index in [1.54, 1.807) is 12.1 Å². The van der Waals surface area contributed by atoms with Crippen LogP contribution in [0.25, 0.3) is 0 Å². The highest BCUT2D eigenvalue weighted by Crippen LogP contribution is 2.58. The van der Waals surface area contributed by atoms with Crippen LogP contribution in [0.1, 0.15) is 63.2 Å². The summed E-state index contributed by atoms with van der Waals surface area (Å²) >= 11 is 0. The number of rotatable bonds is 3. The van der Waals surface area contributed by atoms with Crippen LogP contribution >= 0.6 is 0 Å². The van der Waals surface area contributed by atoms with Crippen LogP contribution in [-0.2, 0) is 9.53 Å². The number of carbonyl (C=O) groups is 2. The van der Waals surface area contributed by atoms with Gasteiger partial charge in [-0.25, -0.2) is 4.79 Å². The van der Waals surface area contributed by atoms with Crippen molar-refractivity contribution in [3.05, 3.63) is 35.9 Å². The van der Waals surface area contributed by atoms with Gasteiger partial charge in [0.25, 0.3) is 0 Å². The van der Waals surface area contributed by atoms with Gasteiger partial charge in [-0.05, 0) is 48.1 Å². The van der Waals surface area contributed by atoms with Crippen LogP contribution in [0.15, 0.2) is 30.3 Å². The highest BCUT2D eigenvalue weighted by Gasteiger charge is 2.54. The standard InChI is InChI=1S/C21H28O3/c1-20(2)12-7-13-21(3)16(17(22)10-11-18(20)21)14-24-19(23)15-8-5-4-6-9-15/h4-6,8-9,16,18H,7,10-14H2,1-3H3/t16-,18+,21-/m1/s1. The molecule has 0 N–H and O–H groups in total. The maximum atomic E-state index is 12.6. The van der Waals surface area contributed by atoms with Crippen LogP contribution < -0.4 is 0 Å². The number of ether oxygens (including phenoxy) is 1. The molecule has 1 aromatic carbocycles. The Hall–Kier alpha value is -1.64. The van der Waals surface area contributed by atoms with Crippen molar-refractivity contribution in [2.75, 3.05) is 6.61 Å². The van der Waals surface area contributed by atoms with E-state index in [0.29, 0.717) is 17.9 Å². The molecule has 2 aliphatic rings. The first kappa shape index (κ1) is 17.2. The van der Waals surface area contributed by atoms with Gasteiger partial charge in [0, 0.05) is 6.42 Å². The molecule has 3 nitrogen and oxygen atoms in total. The summed E-state index contributed by atoms with van der Waals surface area (Å²) in [6.45, 7) is 7.13. The Kier molecular flexibility index (Phi) is 4.54. The van der Waals surface area contributed by atoms with Crippen molar-refractivity contribution in [2.24, 2.45) is 22.7 Å². The highest BCUT2D eigenvalue weighted by atomic mass is 16.5. The predicted octanol–water partition coefficient (Wildman–Crippen LogP) is 4.66. The van der Waals surface area contributed by atoms with Crippen LogP contribution in [0.5, 0.6) is 0 Å². The smallest absolute Gasteiger partial charge is 0.338 e. The van der Waals surface area contributed by atoms with E-state index in [1.165, 1.54) is 6.42 Å². The molecule has 1 aromatic rings. The first-order chi connectivity index (χ1) is 11.3. The quantitative estimate of drug-likeness (QED) is 0.758. The summed E-state index contributed by atoms with van der Waals surface area (Å²) in [7, 11) is 0. The van der Waals surface area contributed by atoms with Gasteiger partial charge in [0.2, 0.25) is 0 Å². The molecule has 0 saturated heterocycles. The first-order valence-electron chi connectivity index (χ1n) is 9.09. The molecule has 3 atom stereocenters. The van der Waals surface area contributed by atoms with Gasteiger partial charge in [-0.2, -0.15) is 0 Å². The number of carbonyl (C=O) groups excluding carboxylic acids is 2. The van der Waals surface area contributed by atoms with Gasteiger partial charge < -0.3 is 4.74 Å². The zero-order valence-electron chi connectivity index (χ0n) is 15.0. The minimum atomic E-state index is -0.329. The Balaban J connectivity index is 1.76. The summed E-state index contributed by atoms with van der Waals surface area (Å²) in [6, 6.07) is 9.02. The summed E-state index contributed by atoms with van der Waals surface area (Å²) in [4.78, 5) is 24.9. The van der Waals surface area contributed by atoms with Gasteiger partial charge in [0.05, 0.1) is 11.5 Å². The van der Waals surface area contributed by atoms with Gasteiger partial charge in [0.15, 0.2) is 0 Å². The second-order valence-electron chi connectivity index (χ2n) is 8.42. The lowest BCUT2D eigenvalue weighted by molar-refractivity contribution is -0.146. The largest absolute Gasteiger partial charge is 0.461 e. The molecule has 3 heteroatoms. The van der Waals surface area contributed by atoms with Gasteiger partial charge in [-0.1, -0.05) is 45.4 Å². The summed E-state index contributed by atoms with van der Waals surface area (Å²) in [5.41, 5.74) is 0.759. The van der Waals surface area contributed by atoms with Crippen LogP contribution in [-0.4, -0.2) is 18.4 Å². The lowest BCUT2D eigenvalue weighted by Crippen LogP contribution is -2.53. The molecule has 0 aromatic heterocycles. The predicted molar refractivity (Wildman–Crippen MR) is 93.7 cm³/mol. The molecular formula is C21H28O3. The Morgan fingerprint density at radius 2 is 1.88 bits per heavy atom. The fraction of sp³-hybridized carbons (Fsp3) is 0.619. The molecule has 2 fully saturated rings. The van der Waals surface area contributed by atoms with E-state index in [4.69, 9.17) is 4.74 Å². The minimum absolute atomic E-state index is 0.0476. The highest BCUT2D eigenvalue weighted by molar-refractivity contribution is 5.90. The fourth-order valence-corrected chi connectivity index (χ4v) is 5.23. The van der Waals surface area contributed by atoms with E-state index in [0.717, 1.165) is 19.3 Å². The molecule has 0 amide bonds. The van der Waals surface area contributed by atoms with Crippen LogP contribution in [0.3, 0.4) is 0 Å². The van der Waals surface area contributed by atoms with Crippen molar-refractivity contribution in [1.82, 2.24) is 0 Å². The van der Waals surface area contributed by atoms with Gasteiger partial charge in [0.1, 0.15) is 12.4 Å². The zero-order valence-corrected chi connectivity index (χ0v) is 15.0. The summed E-state index contributed by atoms with van der Waals surface area (Å²) in [5, 5.41) is 0. The van der Waals surface area contributed by atoms with Crippen LogP contribution in [0, 0.1) is 22.7 Å². The molecule has 0 radical (unpaired) electrons. The fourth-order valence-electron chi connectivity index (χ4n) is 5.23. The third-order valence-electron chi connectivity index (χ3n) is 6.53. The summed E-state index contributed by atoms with van der Waals surface area (Å²) < 4.78 is 5.56. The average molecular weight is 328 g/mol. The number of ketones is 1. The molecule has 0 bridgehead atoms. The maximum Gasteiger partial charge on any atom is 0.338 e. The van der Waals surface area contributed by atoms with E-state index in [1.807, 2.05) is 18.2 Å². The van der Waals surface area contributed by atoms with E-state index < -0.39 is 0 Å². The van der Waals surface area contributed by atoms with Gasteiger partial charge in [-0.3, -0.25) is 4.79 Å². The molecule has 0 unspecified atom stereocenters. The summed E-state index contributed by atoms with van der Waals surface area (Å²) in [5.74, 6) is 0.303. The summed E-state index contributed by atoms with van der Waals surface area (Å²) in [6.07, 6.45) is 5.03. The van der Waals surface area contributed by atoms with E-state index in [2.05, 4.69) is 20.8 Å². The molecule has 2 aliphatic carbocycles. The molecular weight excluding hydrogens is 300 g/mol. The number of benzene rings is 1. The van der Waals surface area contributed by atoms with Crippen molar-refractivity contribution < 1.29 is 14.3 Å². The number of hydrogen-bond donors (Lipinski definition) is 0. The lowest BCUT2D eigenvalue weighted by atomic mass is 9.48. The number of fused-ring (bicyclic) bond motifs is 1. The Morgan fingerprint density at radius 3 is 2.58 bits per heavy atom. The van der Waals surface area contributed by atoms with Crippen molar-refractivity contribution in [2.45, 2.75) is 52.9 Å². The van der Waals surface area contributed by atoms with Crippen molar-refractivity contribution in [1.29, 1.82) is 0 Å². The average Bonchev–Trinajstić information content (AvgIpc) is 2.54. The number of esters is 1. The molecule has 0 heterocycles. The number of hydrogen-bond acceptors (Lipinski definition) is 3. The Morgan fingerprint density at radius 1 is 1.17 bits per heavy atom. The Bertz CT molecular complexity index is 619.